The van der Waals surface area contributed by atoms with Crippen molar-refractivity contribution in [1.29, 1.82) is 0 Å². The van der Waals surface area contributed by atoms with E-state index >= 15 is 0 Å². The predicted molar refractivity (Wildman–Crippen MR) is 111 cm³/mol. The fourth-order valence-electron chi connectivity index (χ4n) is 2.46. The molecule has 0 radical (unpaired) electrons. The van der Waals surface area contributed by atoms with Gasteiger partial charge in [0, 0.05) is 19.3 Å². The maximum atomic E-state index is 12.3. The molecule has 0 saturated carbocycles. The van der Waals surface area contributed by atoms with Crippen LogP contribution in [-0.4, -0.2) is 52.1 Å². The van der Waals surface area contributed by atoms with Crippen molar-refractivity contribution < 1.29 is 23.1 Å². The Balaban J connectivity index is 2.00. The summed E-state index contributed by atoms with van der Waals surface area (Å²) in [7, 11) is -1.69. The second-order valence-electron chi connectivity index (χ2n) is 6.23. The van der Waals surface area contributed by atoms with Gasteiger partial charge in [0.05, 0.1) is 41.7 Å². The number of azo groups is 1. The van der Waals surface area contributed by atoms with Crippen LogP contribution >= 0.6 is 0 Å². The summed E-state index contributed by atoms with van der Waals surface area (Å²) in [6, 6.07) is 13.4. The molecule has 0 spiro atoms. The molecule has 0 heterocycles. The van der Waals surface area contributed by atoms with E-state index in [0.717, 1.165) is 5.69 Å². The van der Waals surface area contributed by atoms with Crippen molar-refractivity contribution in [2.75, 3.05) is 37.5 Å². The van der Waals surface area contributed by atoms with Crippen molar-refractivity contribution in [2.45, 2.75) is 18.2 Å². The molecule has 29 heavy (non-hydrogen) atoms. The Morgan fingerprint density at radius 1 is 1.03 bits per heavy atom. The van der Waals surface area contributed by atoms with E-state index in [-0.39, 0.29) is 30.3 Å². The number of carbonyl (C=O) groups excluding carboxylic acids is 1. The van der Waals surface area contributed by atoms with Crippen LogP contribution < -0.4 is 4.90 Å². The van der Waals surface area contributed by atoms with Crippen molar-refractivity contribution in [3.8, 4) is 0 Å². The number of hydrogen-bond acceptors (Lipinski definition) is 8. The number of anilines is 1. The molecule has 0 aliphatic carbocycles. The van der Waals surface area contributed by atoms with Gasteiger partial charge in [-0.15, -0.1) is 0 Å². The maximum absolute atomic E-state index is 12.3. The van der Waals surface area contributed by atoms with Crippen molar-refractivity contribution in [3.05, 3.63) is 48.5 Å². The first-order valence-corrected chi connectivity index (χ1v) is 10.8. The molecule has 0 saturated heterocycles. The Kier molecular flexibility index (Phi) is 8.29. The zero-order chi connectivity index (χ0) is 21.3. The molecule has 2 rings (SSSR count). The van der Waals surface area contributed by atoms with Gasteiger partial charge in [0.25, 0.3) is 0 Å². The van der Waals surface area contributed by atoms with E-state index in [1.807, 2.05) is 24.1 Å². The van der Waals surface area contributed by atoms with Gasteiger partial charge in [-0.05, 0) is 55.5 Å². The minimum absolute atomic E-state index is 0.0759. The van der Waals surface area contributed by atoms with Crippen molar-refractivity contribution in [1.82, 2.24) is 0 Å². The van der Waals surface area contributed by atoms with Gasteiger partial charge < -0.3 is 14.7 Å². The maximum Gasteiger partial charge on any atom is 0.306 e. The fraction of sp³-hybridized carbons (Fsp3) is 0.350. The largest absolute Gasteiger partial charge is 0.466 e. The Morgan fingerprint density at radius 3 is 2.10 bits per heavy atom. The normalized spacial score (nSPS) is 11.6. The van der Waals surface area contributed by atoms with E-state index in [0.29, 0.717) is 17.9 Å². The highest BCUT2D eigenvalue weighted by molar-refractivity contribution is 7.91. The van der Waals surface area contributed by atoms with Crippen LogP contribution in [0.25, 0.3) is 0 Å². The van der Waals surface area contributed by atoms with E-state index < -0.39 is 15.8 Å². The third kappa shape index (κ3) is 6.95. The lowest BCUT2D eigenvalue weighted by Gasteiger charge is -2.17. The Bertz CT molecular complexity index is 926. The van der Waals surface area contributed by atoms with Gasteiger partial charge in [-0.2, -0.15) is 10.2 Å². The number of rotatable bonds is 10. The van der Waals surface area contributed by atoms with Crippen LogP contribution in [0.1, 0.15) is 13.3 Å². The van der Waals surface area contributed by atoms with Crippen LogP contribution in [0.15, 0.2) is 63.7 Å². The first kappa shape index (κ1) is 22.5. The molecule has 0 amide bonds. The first-order chi connectivity index (χ1) is 13.9. The molecule has 0 fully saturated rings. The van der Waals surface area contributed by atoms with Crippen LogP contribution in [0.5, 0.6) is 0 Å². The van der Waals surface area contributed by atoms with E-state index in [1.54, 1.807) is 31.2 Å². The number of carbonyl (C=O) groups is 1. The smallest absolute Gasteiger partial charge is 0.306 e. The number of aliphatic hydroxyl groups is 1. The van der Waals surface area contributed by atoms with Crippen molar-refractivity contribution in [2.24, 2.45) is 10.2 Å². The second kappa shape index (κ2) is 10.7. The van der Waals surface area contributed by atoms with E-state index in [9.17, 15) is 13.2 Å². The van der Waals surface area contributed by atoms with Crippen LogP contribution in [0.3, 0.4) is 0 Å². The topological polar surface area (TPSA) is 109 Å². The summed E-state index contributed by atoms with van der Waals surface area (Å²) in [5, 5.41) is 17.2. The monoisotopic (exact) mass is 419 g/mol. The molecular formula is C20H25N3O5S. The van der Waals surface area contributed by atoms with Gasteiger partial charge in [-0.25, -0.2) is 8.42 Å². The number of esters is 1. The first-order valence-electron chi connectivity index (χ1n) is 9.18. The fourth-order valence-corrected chi connectivity index (χ4v) is 3.68. The zero-order valence-electron chi connectivity index (χ0n) is 16.5. The minimum Gasteiger partial charge on any atom is -0.466 e. The molecule has 1 N–H and O–H groups in total. The number of nitrogens with zero attached hydrogens (tertiary/aromatic N) is 3. The highest BCUT2D eigenvalue weighted by Crippen LogP contribution is 2.23. The van der Waals surface area contributed by atoms with Crippen molar-refractivity contribution >= 4 is 32.9 Å². The highest BCUT2D eigenvalue weighted by atomic mass is 32.2. The van der Waals surface area contributed by atoms with Crippen LogP contribution in [0.4, 0.5) is 17.1 Å². The molecule has 2 aromatic rings. The zero-order valence-corrected chi connectivity index (χ0v) is 17.3. The molecule has 2 aromatic carbocycles. The molecule has 0 bridgehead atoms. The molecule has 156 valence electrons. The number of likely N-dealkylation sites (N-methyl/N-ethyl adjacent to an activating group) is 1. The standard InChI is InChI=1S/C20H25N3O5S/c1-3-28-20(25)12-15-29(26,27)19-10-6-17(7-11-19)22-21-16-4-8-18(9-5-16)23(2)13-14-24/h4-11,24H,3,12-15H2,1-2H3. The van der Waals surface area contributed by atoms with E-state index in [4.69, 9.17) is 9.84 Å². The average Bonchev–Trinajstić information content (AvgIpc) is 2.72. The Hall–Kier alpha value is -2.78. The molecular weight excluding hydrogens is 394 g/mol. The Labute approximate surface area is 170 Å². The molecule has 0 aromatic heterocycles. The van der Waals surface area contributed by atoms with Gasteiger partial charge in [-0.3, -0.25) is 4.79 Å². The number of benzene rings is 2. The predicted octanol–water partition coefficient (Wildman–Crippen LogP) is 3.26. The quantitative estimate of drug-likeness (QED) is 0.468. The van der Waals surface area contributed by atoms with E-state index in [2.05, 4.69) is 10.2 Å². The summed E-state index contributed by atoms with van der Waals surface area (Å²) in [6.45, 7) is 2.51. The van der Waals surface area contributed by atoms with Crippen molar-refractivity contribution in [3.63, 3.8) is 0 Å². The number of aliphatic hydroxyl groups excluding tert-OH is 1. The van der Waals surface area contributed by atoms with Gasteiger partial charge in [0.15, 0.2) is 9.84 Å². The van der Waals surface area contributed by atoms with Gasteiger partial charge >= 0.3 is 5.97 Å². The van der Waals surface area contributed by atoms with Gasteiger partial charge in [-0.1, -0.05) is 0 Å². The summed E-state index contributed by atoms with van der Waals surface area (Å²) in [6.07, 6.45) is -0.179. The third-order valence-corrected chi connectivity index (χ3v) is 5.81. The second-order valence-corrected chi connectivity index (χ2v) is 8.34. The number of hydrogen-bond donors (Lipinski definition) is 1. The summed E-state index contributed by atoms with van der Waals surface area (Å²) in [5.74, 6) is -0.834. The van der Waals surface area contributed by atoms with Crippen LogP contribution in [0, 0.1) is 0 Å². The Morgan fingerprint density at radius 2 is 1.59 bits per heavy atom. The summed E-state index contributed by atoms with van der Waals surface area (Å²) in [5.41, 5.74) is 2.11. The lowest BCUT2D eigenvalue weighted by Crippen LogP contribution is -2.20. The van der Waals surface area contributed by atoms with Crippen LogP contribution in [0.2, 0.25) is 0 Å². The third-order valence-electron chi connectivity index (χ3n) is 4.08. The summed E-state index contributed by atoms with van der Waals surface area (Å²) in [4.78, 5) is 13.4. The van der Waals surface area contributed by atoms with Gasteiger partial charge in [0.2, 0.25) is 0 Å². The van der Waals surface area contributed by atoms with Crippen LogP contribution in [-0.2, 0) is 19.4 Å². The van der Waals surface area contributed by atoms with Gasteiger partial charge in [0.1, 0.15) is 0 Å². The average molecular weight is 420 g/mol. The lowest BCUT2D eigenvalue weighted by atomic mass is 10.2. The summed E-state index contributed by atoms with van der Waals surface area (Å²) >= 11 is 0. The molecule has 0 atom stereocenters. The molecule has 0 aliphatic heterocycles. The lowest BCUT2D eigenvalue weighted by molar-refractivity contribution is -0.142. The molecule has 9 heteroatoms. The molecule has 0 unspecified atom stereocenters. The minimum atomic E-state index is -3.57. The SMILES string of the molecule is CCOC(=O)CCS(=O)(=O)c1ccc(N=Nc2ccc(N(C)CCO)cc2)cc1. The highest BCUT2D eigenvalue weighted by Gasteiger charge is 2.17. The number of ether oxygens (including phenoxy) is 1. The summed E-state index contributed by atoms with van der Waals surface area (Å²) < 4.78 is 29.3. The molecule has 0 aliphatic rings. The van der Waals surface area contributed by atoms with E-state index in [1.165, 1.54) is 12.1 Å². The molecule has 8 nitrogen and oxygen atoms in total. The number of sulfone groups is 1.